The van der Waals surface area contributed by atoms with Crippen molar-refractivity contribution in [3.8, 4) is 0 Å². The molecular weight excluding hydrogens is 346 g/mol. The maximum atomic E-state index is 12.8. The van der Waals surface area contributed by atoms with Gasteiger partial charge in [0.15, 0.2) is 5.58 Å². The fourth-order valence-corrected chi connectivity index (χ4v) is 4.48. The maximum absolute atomic E-state index is 12.8. The summed E-state index contributed by atoms with van der Waals surface area (Å²) in [6.07, 6.45) is 0.968. The molecule has 0 bridgehead atoms. The summed E-state index contributed by atoms with van der Waals surface area (Å²) in [5.41, 5.74) is 0.724. The second-order valence-electron chi connectivity index (χ2n) is 6.41. The number of aromatic amines is 1. The lowest BCUT2D eigenvalue weighted by molar-refractivity contribution is 0.158. The highest BCUT2D eigenvalue weighted by molar-refractivity contribution is 7.89. The Hall–Kier alpha value is -1.68. The van der Waals surface area contributed by atoms with E-state index in [0.29, 0.717) is 24.6 Å². The lowest BCUT2D eigenvalue weighted by Crippen LogP contribution is -2.33. The Labute approximate surface area is 146 Å². The predicted molar refractivity (Wildman–Crippen MR) is 93.1 cm³/mol. The van der Waals surface area contributed by atoms with Gasteiger partial charge in [-0.15, -0.1) is 0 Å². The van der Waals surface area contributed by atoms with Crippen LogP contribution < -0.4 is 5.76 Å². The van der Waals surface area contributed by atoms with Gasteiger partial charge in [-0.3, -0.25) is 4.98 Å². The van der Waals surface area contributed by atoms with E-state index in [9.17, 15) is 13.2 Å². The smallest absolute Gasteiger partial charge is 0.408 e. The van der Waals surface area contributed by atoms with Crippen LogP contribution in [0.5, 0.6) is 0 Å². The summed E-state index contributed by atoms with van der Waals surface area (Å²) in [6.45, 7) is 3.84. The third-order valence-electron chi connectivity index (χ3n) is 4.60. The van der Waals surface area contributed by atoms with Crippen LogP contribution in [-0.4, -0.2) is 69.6 Å². The summed E-state index contributed by atoms with van der Waals surface area (Å²) in [5.74, 6) is -0.300. The maximum Gasteiger partial charge on any atom is 0.417 e. The van der Waals surface area contributed by atoms with E-state index < -0.39 is 15.8 Å². The molecule has 1 aromatic heterocycles. The molecule has 2 aromatic rings. The topological polar surface area (TPSA) is 95.9 Å². The van der Waals surface area contributed by atoms with Gasteiger partial charge in [-0.2, -0.15) is 0 Å². The summed E-state index contributed by atoms with van der Waals surface area (Å²) in [6, 6.07) is 4.42. The number of nitrogens with zero attached hydrogens (tertiary/aromatic N) is 2. The standard InChI is InChI=1S/C16H23N3O5S/c1-18(10-12-5-6-19(11-12)7-8-23-2)25(21,22)13-3-4-14-15(9-13)24-16(20)17-14/h3-4,9,12H,5-8,10-11H2,1-2H3,(H,17,20). The van der Waals surface area contributed by atoms with E-state index >= 15 is 0 Å². The number of H-pyrrole nitrogens is 1. The van der Waals surface area contributed by atoms with Gasteiger partial charge in [0.1, 0.15) is 0 Å². The average molecular weight is 369 g/mol. The largest absolute Gasteiger partial charge is 0.417 e. The van der Waals surface area contributed by atoms with Crippen LogP contribution in [0.15, 0.2) is 32.3 Å². The minimum absolute atomic E-state index is 0.125. The van der Waals surface area contributed by atoms with Crippen LogP contribution in [0, 0.1) is 5.92 Å². The molecule has 0 spiro atoms. The van der Waals surface area contributed by atoms with Crippen LogP contribution in [0.25, 0.3) is 11.1 Å². The van der Waals surface area contributed by atoms with Gasteiger partial charge in [0.05, 0.1) is 17.0 Å². The van der Waals surface area contributed by atoms with Gasteiger partial charge in [-0.1, -0.05) is 0 Å². The van der Waals surface area contributed by atoms with E-state index in [-0.39, 0.29) is 10.5 Å². The average Bonchev–Trinajstić information content (AvgIpc) is 3.17. The number of aromatic nitrogens is 1. The normalized spacial score (nSPS) is 19.2. The molecule has 1 fully saturated rings. The van der Waals surface area contributed by atoms with E-state index in [1.54, 1.807) is 20.2 Å². The number of fused-ring (bicyclic) bond motifs is 1. The van der Waals surface area contributed by atoms with Crippen molar-refractivity contribution >= 4 is 21.1 Å². The molecule has 0 saturated carbocycles. The molecule has 0 aliphatic carbocycles. The third kappa shape index (κ3) is 3.95. The number of sulfonamides is 1. The first-order valence-electron chi connectivity index (χ1n) is 8.20. The number of rotatable bonds is 7. The molecular formula is C16H23N3O5S. The highest BCUT2D eigenvalue weighted by atomic mass is 32.2. The number of hydrogen-bond donors (Lipinski definition) is 1. The van der Waals surface area contributed by atoms with Crippen molar-refractivity contribution in [2.24, 2.45) is 5.92 Å². The Kier molecular flexibility index (Phi) is 5.28. The van der Waals surface area contributed by atoms with E-state index in [4.69, 9.17) is 9.15 Å². The van der Waals surface area contributed by atoms with Gasteiger partial charge >= 0.3 is 5.76 Å². The van der Waals surface area contributed by atoms with Crippen molar-refractivity contribution < 1.29 is 17.6 Å². The van der Waals surface area contributed by atoms with Crippen molar-refractivity contribution in [3.05, 3.63) is 28.7 Å². The van der Waals surface area contributed by atoms with Crippen molar-refractivity contribution in [1.82, 2.24) is 14.2 Å². The molecule has 3 rings (SSSR count). The van der Waals surface area contributed by atoms with Crippen LogP contribution in [0.3, 0.4) is 0 Å². The zero-order valence-electron chi connectivity index (χ0n) is 14.4. The second kappa shape index (κ2) is 7.28. The Morgan fingerprint density at radius 1 is 1.44 bits per heavy atom. The fraction of sp³-hybridized carbons (Fsp3) is 0.562. The van der Waals surface area contributed by atoms with E-state index in [2.05, 4.69) is 9.88 Å². The number of oxazole rings is 1. The summed E-state index contributed by atoms with van der Waals surface area (Å²) in [4.78, 5) is 16.1. The Morgan fingerprint density at radius 3 is 3.00 bits per heavy atom. The van der Waals surface area contributed by atoms with E-state index in [1.807, 2.05) is 0 Å². The quantitative estimate of drug-likeness (QED) is 0.772. The zero-order valence-corrected chi connectivity index (χ0v) is 15.2. The first-order valence-corrected chi connectivity index (χ1v) is 9.64. The summed E-state index contributed by atoms with van der Waals surface area (Å²) in [7, 11) is -0.363. The van der Waals surface area contributed by atoms with Crippen molar-refractivity contribution in [1.29, 1.82) is 0 Å². The minimum atomic E-state index is -3.63. The van der Waals surface area contributed by atoms with Crippen LogP contribution >= 0.6 is 0 Å². The zero-order chi connectivity index (χ0) is 18.0. The monoisotopic (exact) mass is 369 g/mol. The van der Waals surface area contributed by atoms with E-state index in [1.165, 1.54) is 16.4 Å². The molecule has 138 valence electrons. The van der Waals surface area contributed by atoms with Crippen molar-refractivity contribution in [3.63, 3.8) is 0 Å². The number of methoxy groups -OCH3 is 1. The van der Waals surface area contributed by atoms with Crippen LogP contribution in [0.4, 0.5) is 0 Å². The van der Waals surface area contributed by atoms with Crippen molar-refractivity contribution in [2.75, 3.05) is 46.9 Å². The number of ether oxygens (including phenoxy) is 1. The van der Waals surface area contributed by atoms with Crippen LogP contribution in [-0.2, 0) is 14.8 Å². The van der Waals surface area contributed by atoms with E-state index in [0.717, 1.165) is 26.1 Å². The summed E-state index contributed by atoms with van der Waals surface area (Å²) < 4.78 is 37.0. The highest BCUT2D eigenvalue weighted by Crippen LogP contribution is 2.23. The molecule has 1 N–H and O–H groups in total. The third-order valence-corrected chi connectivity index (χ3v) is 6.42. The number of likely N-dealkylation sites (tertiary alicyclic amines) is 1. The lowest BCUT2D eigenvalue weighted by Gasteiger charge is -2.21. The molecule has 1 saturated heterocycles. The van der Waals surface area contributed by atoms with Gasteiger partial charge in [0, 0.05) is 39.9 Å². The van der Waals surface area contributed by atoms with Gasteiger partial charge < -0.3 is 14.1 Å². The molecule has 2 heterocycles. The van der Waals surface area contributed by atoms with Gasteiger partial charge in [-0.05, 0) is 31.0 Å². The van der Waals surface area contributed by atoms with Crippen molar-refractivity contribution in [2.45, 2.75) is 11.3 Å². The molecule has 1 aromatic carbocycles. The first-order chi connectivity index (χ1) is 11.9. The minimum Gasteiger partial charge on any atom is -0.408 e. The predicted octanol–water partition coefficient (Wildman–Crippen LogP) is 0.710. The number of benzene rings is 1. The molecule has 1 aliphatic rings. The lowest BCUT2D eigenvalue weighted by atomic mass is 10.1. The SMILES string of the molecule is COCCN1CCC(CN(C)S(=O)(=O)c2ccc3[nH]c(=O)oc3c2)C1. The first kappa shape index (κ1) is 18.1. The molecule has 25 heavy (non-hydrogen) atoms. The van der Waals surface area contributed by atoms with Gasteiger partial charge in [0.25, 0.3) is 0 Å². The molecule has 9 heteroatoms. The fourth-order valence-electron chi connectivity index (χ4n) is 3.21. The summed E-state index contributed by atoms with van der Waals surface area (Å²) >= 11 is 0. The Morgan fingerprint density at radius 2 is 2.24 bits per heavy atom. The molecule has 0 radical (unpaired) electrons. The molecule has 1 atom stereocenters. The van der Waals surface area contributed by atoms with Crippen LogP contribution in [0.1, 0.15) is 6.42 Å². The highest BCUT2D eigenvalue weighted by Gasteiger charge is 2.28. The second-order valence-corrected chi connectivity index (χ2v) is 8.45. The van der Waals surface area contributed by atoms with Gasteiger partial charge in [-0.25, -0.2) is 17.5 Å². The molecule has 8 nitrogen and oxygen atoms in total. The molecule has 1 unspecified atom stereocenters. The summed E-state index contributed by atoms with van der Waals surface area (Å²) in [5, 5.41) is 0. The molecule has 0 amide bonds. The Bertz CT molecular complexity index is 889. The van der Waals surface area contributed by atoms with Crippen LogP contribution in [0.2, 0.25) is 0 Å². The van der Waals surface area contributed by atoms with Gasteiger partial charge in [0.2, 0.25) is 10.0 Å². The molecule has 1 aliphatic heterocycles. The number of nitrogens with one attached hydrogen (secondary N) is 1. The Balaban J connectivity index is 1.69. The number of hydrogen-bond acceptors (Lipinski definition) is 6.